The molecule has 5 nitrogen and oxygen atoms in total. The van der Waals surface area contributed by atoms with Crippen LogP contribution in [0, 0.1) is 28.6 Å². The Bertz CT molecular complexity index is 1190. The lowest BCUT2D eigenvalue weighted by molar-refractivity contribution is -0.148. The number of aliphatic hydroxyl groups is 1. The van der Waals surface area contributed by atoms with Crippen LogP contribution in [0.1, 0.15) is 69.1 Å². The van der Waals surface area contributed by atoms with Gasteiger partial charge in [-0.25, -0.2) is 0 Å². The molecular formula is C33H38N2O3. The average Bonchev–Trinajstić information content (AvgIpc) is 3.88. The number of carbonyl (C=O) groups excluding carboxylic acids is 1. The maximum Gasteiger partial charge on any atom is 0.250 e. The van der Waals surface area contributed by atoms with E-state index in [-0.39, 0.29) is 23.7 Å². The number of allylic oxidation sites excluding steroid dienone is 2. The number of nitrogens with one attached hydrogen (secondary N) is 1. The van der Waals surface area contributed by atoms with Gasteiger partial charge in [-0.3, -0.25) is 4.79 Å². The summed E-state index contributed by atoms with van der Waals surface area (Å²) in [4.78, 5) is 13.5. The van der Waals surface area contributed by atoms with Gasteiger partial charge in [0.15, 0.2) is 0 Å². The summed E-state index contributed by atoms with van der Waals surface area (Å²) in [6.45, 7) is 4.13. The van der Waals surface area contributed by atoms with Crippen molar-refractivity contribution in [2.45, 2.75) is 75.7 Å². The van der Waals surface area contributed by atoms with Gasteiger partial charge in [0.05, 0.1) is 23.7 Å². The topological polar surface area (TPSA) is 82.3 Å². The molecule has 0 saturated heterocycles. The quantitative estimate of drug-likeness (QED) is 0.363. The van der Waals surface area contributed by atoms with Crippen LogP contribution in [0.4, 0.5) is 0 Å². The van der Waals surface area contributed by atoms with Crippen LogP contribution >= 0.6 is 0 Å². The number of carbonyl (C=O) groups is 1. The Balaban J connectivity index is 1.52. The lowest BCUT2D eigenvalue weighted by Gasteiger charge is -2.43. The summed E-state index contributed by atoms with van der Waals surface area (Å²) in [5.41, 5.74) is 0.518. The minimum absolute atomic E-state index is 0.104. The number of hydrogen-bond acceptors (Lipinski definition) is 4. The molecule has 38 heavy (non-hydrogen) atoms. The number of amides is 1. The van der Waals surface area contributed by atoms with Gasteiger partial charge in [0.2, 0.25) is 5.91 Å². The van der Waals surface area contributed by atoms with Crippen LogP contribution in [-0.4, -0.2) is 28.8 Å². The maximum absolute atomic E-state index is 13.5. The van der Waals surface area contributed by atoms with Crippen molar-refractivity contribution in [2.75, 3.05) is 0 Å². The molecule has 5 heteroatoms. The number of nitriles is 1. The first-order valence-corrected chi connectivity index (χ1v) is 13.9. The van der Waals surface area contributed by atoms with Crippen LogP contribution in [0.2, 0.25) is 0 Å². The Morgan fingerprint density at radius 1 is 1.05 bits per heavy atom. The van der Waals surface area contributed by atoms with Gasteiger partial charge in [-0.2, -0.15) is 5.26 Å². The van der Waals surface area contributed by atoms with Crippen molar-refractivity contribution in [2.24, 2.45) is 17.3 Å². The molecule has 2 fully saturated rings. The van der Waals surface area contributed by atoms with Crippen molar-refractivity contribution in [1.29, 1.82) is 5.26 Å². The number of benzene rings is 2. The fraction of sp³-hybridized carbons (Fsp3) is 0.455. The second-order valence-electron chi connectivity index (χ2n) is 11.7. The predicted molar refractivity (Wildman–Crippen MR) is 148 cm³/mol. The molecule has 0 aliphatic heterocycles. The summed E-state index contributed by atoms with van der Waals surface area (Å²) in [7, 11) is 0. The molecule has 3 aliphatic carbocycles. The van der Waals surface area contributed by atoms with Crippen molar-refractivity contribution < 1.29 is 14.6 Å². The number of hydrogen-bond donors (Lipinski definition) is 2. The van der Waals surface area contributed by atoms with E-state index in [1.165, 1.54) is 5.56 Å². The average molecular weight is 511 g/mol. The van der Waals surface area contributed by atoms with E-state index in [1.807, 2.05) is 48.5 Å². The molecule has 0 aromatic heterocycles. The van der Waals surface area contributed by atoms with Gasteiger partial charge < -0.3 is 15.2 Å². The molecule has 0 spiro atoms. The van der Waals surface area contributed by atoms with Gasteiger partial charge in [0.25, 0.3) is 0 Å². The minimum Gasteiger partial charge on any atom is -0.391 e. The Labute approximate surface area is 226 Å². The highest BCUT2D eigenvalue weighted by molar-refractivity contribution is 5.82. The van der Waals surface area contributed by atoms with Crippen molar-refractivity contribution in [3.8, 4) is 6.07 Å². The van der Waals surface area contributed by atoms with Gasteiger partial charge in [-0.1, -0.05) is 98.8 Å². The second kappa shape index (κ2) is 10.9. The Kier molecular flexibility index (Phi) is 7.56. The van der Waals surface area contributed by atoms with E-state index in [2.05, 4.69) is 61.7 Å². The van der Waals surface area contributed by atoms with Crippen LogP contribution in [0.25, 0.3) is 0 Å². The van der Waals surface area contributed by atoms with Crippen molar-refractivity contribution in [3.05, 3.63) is 96.1 Å². The molecule has 0 heterocycles. The number of ether oxygens (including phenoxy) is 1. The molecule has 2 aromatic carbocycles. The highest BCUT2D eigenvalue weighted by atomic mass is 16.5. The molecule has 0 bridgehead atoms. The summed E-state index contributed by atoms with van der Waals surface area (Å²) in [5.74, 6) is 0.259. The molecule has 1 amide bonds. The summed E-state index contributed by atoms with van der Waals surface area (Å²) in [6.07, 6.45) is 10.4. The predicted octanol–water partition coefficient (Wildman–Crippen LogP) is 6.00. The number of aliphatic hydroxyl groups excluding tert-OH is 1. The van der Waals surface area contributed by atoms with Crippen molar-refractivity contribution in [1.82, 2.24) is 5.32 Å². The molecule has 198 valence electrons. The largest absolute Gasteiger partial charge is 0.391 e. The highest BCUT2D eigenvalue weighted by Gasteiger charge is 2.51. The van der Waals surface area contributed by atoms with E-state index >= 15 is 0 Å². The molecule has 2 N–H and O–H groups in total. The monoisotopic (exact) mass is 510 g/mol. The summed E-state index contributed by atoms with van der Waals surface area (Å²) in [5, 5.41) is 24.3. The fourth-order valence-corrected chi connectivity index (χ4v) is 5.54. The summed E-state index contributed by atoms with van der Waals surface area (Å²) < 4.78 is 6.83. The Hall–Kier alpha value is -3.20. The minimum atomic E-state index is -0.824. The molecule has 2 aromatic rings. The lowest BCUT2D eigenvalue weighted by Crippen LogP contribution is -2.47. The molecule has 3 aliphatic rings. The van der Waals surface area contributed by atoms with E-state index in [9.17, 15) is 15.2 Å². The first-order chi connectivity index (χ1) is 18.4. The van der Waals surface area contributed by atoms with E-state index in [1.54, 1.807) is 0 Å². The first-order valence-electron chi connectivity index (χ1n) is 13.9. The van der Waals surface area contributed by atoms with Gasteiger partial charge in [-0.05, 0) is 55.1 Å². The summed E-state index contributed by atoms with van der Waals surface area (Å²) in [6, 6.07) is 22.5. The van der Waals surface area contributed by atoms with E-state index in [4.69, 9.17) is 4.74 Å². The van der Waals surface area contributed by atoms with Gasteiger partial charge >= 0.3 is 0 Å². The SMILES string of the molecule is CC(C)C[C@H](O[C@H](c1ccccc1)C1(C(O)C2CC2)C=CC(c2ccccc2)C=C1)C(=O)NC1(C#N)CC1. The second-order valence-corrected chi connectivity index (χ2v) is 11.7. The van der Waals surface area contributed by atoms with Crippen molar-refractivity contribution in [3.63, 3.8) is 0 Å². The Morgan fingerprint density at radius 3 is 2.18 bits per heavy atom. The normalized spacial score (nSPS) is 25.8. The fourth-order valence-electron chi connectivity index (χ4n) is 5.54. The molecule has 1 unspecified atom stereocenters. The molecule has 0 radical (unpaired) electrons. The molecular weight excluding hydrogens is 472 g/mol. The zero-order chi connectivity index (χ0) is 26.8. The van der Waals surface area contributed by atoms with E-state index in [0.717, 1.165) is 18.4 Å². The zero-order valence-electron chi connectivity index (χ0n) is 22.3. The van der Waals surface area contributed by atoms with E-state index in [0.29, 0.717) is 19.3 Å². The Morgan fingerprint density at radius 2 is 1.66 bits per heavy atom. The third kappa shape index (κ3) is 5.62. The van der Waals surface area contributed by atoms with Gasteiger partial charge in [0.1, 0.15) is 11.6 Å². The van der Waals surface area contributed by atoms with Crippen LogP contribution in [0.15, 0.2) is 85.0 Å². The van der Waals surface area contributed by atoms with Gasteiger partial charge in [0, 0.05) is 5.92 Å². The zero-order valence-corrected chi connectivity index (χ0v) is 22.3. The molecule has 5 rings (SSSR count). The van der Waals surface area contributed by atoms with Crippen LogP contribution in [0.5, 0.6) is 0 Å². The maximum atomic E-state index is 13.5. The first kappa shape index (κ1) is 26.4. The third-order valence-corrected chi connectivity index (χ3v) is 8.11. The summed E-state index contributed by atoms with van der Waals surface area (Å²) >= 11 is 0. The third-order valence-electron chi connectivity index (χ3n) is 8.11. The smallest absolute Gasteiger partial charge is 0.250 e. The number of rotatable bonds is 11. The van der Waals surface area contributed by atoms with Crippen LogP contribution in [-0.2, 0) is 9.53 Å². The number of nitrogens with zero attached hydrogens (tertiary/aromatic N) is 1. The standard InChI is InChI=1S/C33H38N2O3/c1-23(2)21-28(31(37)35-32(22-34)19-20-32)38-30(27-11-7-4-8-12-27)33(29(36)26-13-14-26)17-15-25(16-18-33)24-9-5-3-6-10-24/h3-12,15-18,23,25-26,28-30,36H,13-14,19-21H2,1-2H3,(H,35,37)/t25?,28-,29?,30+,33?/m0/s1. The molecule has 2 saturated carbocycles. The molecule has 3 atom stereocenters. The lowest BCUT2D eigenvalue weighted by atomic mass is 9.68. The highest BCUT2D eigenvalue weighted by Crippen LogP contribution is 2.53. The van der Waals surface area contributed by atoms with Crippen LogP contribution < -0.4 is 5.32 Å². The van der Waals surface area contributed by atoms with E-state index < -0.39 is 29.3 Å². The van der Waals surface area contributed by atoms with Crippen molar-refractivity contribution >= 4 is 5.91 Å². The van der Waals surface area contributed by atoms with Crippen LogP contribution in [0.3, 0.4) is 0 Å². The van der Waals surface area contributed by atoms with Gasteiger partial charge in [-0.15, -0.1) is 0 Å².